The van der Waals surface area contributed by atoms with Crippen LogP contribution < -0.4 is 5.73 Å². The Morgan fingerprint density at radius 1 is 0.484 bits per heavy atom. The van der Waals surface area contributed by atoms with Crippen LogP contribution in [0.4, 0.5) is 0 Å². The van der Waals surface area contributed by atoms with Crippen LogP contribution in [0.25, 0.3) is 0 Å². The van der Waals surface area contributed by atoms with Crippen LogP contribution in [0.1, 0.15) is 206 Å². The molecule has 0 aliphatic heterocycles. The van der Waals surface area contributed by atoms with E-state index in [9.17, 15) is 14.3 Å². The number of phosphoric acid groups is 1. The van der Waals surface area contributed by atoms with E-state index in [1.54, 1.807) is 0 Å². The van der Waals surface area contributed by atoms with Gasteiger partial charge >= 0.3 is 13.8 Å². The summed E-state index contributed by atoms with van der Waals surface area (Å²) in [6.07, 6.45) is 68.6. The molecule has 64 heavy (non-hydrogen) atoms. The first-order chi connectivity index (χ1) is 31.4. The Morgan fingerprint density at radius 2 is 0.875 bits per heavy atom. The summed E-state index contributed by atoms with van der Waals surface area (Å²) in [4.78, 5) is 22.6. The molecule has 368 valence electrons. The summed E-state index contributed by atoms with van der Waals surface area (Å²) in [6, 6.07) is 0. The number of nitrogens with two attached hydrogens (primary N) is 1. The molecule has 8 nitrogen and oxygen atoms in total. The topological polar surface area (TPSA) is 117 Å². The van der Waals surface area contributed by atoms with E-state index in [0.29, 0.717) is 13.0 Å². The maximum absolute atomic E-state index is 12.7. The van der Waals surface area contributed by atoms with Gasteiger partial charge in [0.05, 0.1) is 19.8 Å². The van der Waals surface area contributed by atoms with Gasteiger partial charge in [0.15, 0.2) is 0 Å². The standard InChI is InChI=1S/C55H96NO7P/c1-3-5-7-9-11-13-15-17-19-21-23-25-26-27-28-29-30-32-34-36-38-40-42-44-46-48-55(57)63-54(53-62-64(58,59)61-51-49-56)52-60-50-47-45-43-41-39-37-35-33-31-24-22-20-18-16-14-12-10-8-6-4-2/h5,7,11-14,17-20,23-25,27-28,31,54H,3-4,6,8-10,15-16,21-22,26,29-30,32-53,56H2,1-2H3,(H,58,59)/b7-5-,13-11-,14-12-,19-17-,20-18-,25-23-,28-27-,31-24-. The fraction of sp³-hybridized carbons (Fsp3) is 0.691. The highest BCUT2D eigenvalue weighted by atomic mass is 31.2. The van der Waals surface area contributed by atoms with E-state index in [0.717, 1.165) is 96.3 Å². The highest BCUT2D eigenvalue weighted by molar-refractivity contribution is 7.47. The normalized spacial score (nSPS) is 14.1. The van der Waals surface area contributed by atoms with Crippen molar-refractivity contribution < 1.29 is 32.8 Å². The van der Waals surface area contributed by atoms with Crippen molar-refractivity contribution in [3.8, 4) is 0 Å². The molecule has 9 heteroatoms. The molecule has 0 amide bonds. The van der Waals surface area contributed by atoms with Crippen LogP contribution in [0.15, 0.2) is 97.2 Å². The SMILES string of the molecule is CC/C=C\C/C=C\C/C=C\C/C=C\C/C=C\CCCCCCCCCCCC(=O)OC(COCCCCCCCCC/C=C\C/C=C\C/C=C\CCCCC)COP(=O)(O)OCCN. The Balaban J connectivity index is 4.01. The summed E-state index contributed by atoms with van der Waals surface area (Å²) in [5.74, 6) is -0.343. The molecule has 0 saturated heterocycles. The fourth-order valence-electron chi connectivity index (χ4n) is 6.74. The molecule has 0 spiro atoms. The van der Waals surface area contributed by atoms with Gasteiger partial charge < -0.3 is 20.1 Å². The summed E-state index contributed by atoms with van der Waals surface area (Å²) >= 11 is 0. The number of phosphoric ester groups is 1. The van der Waals surface area contributed by atoms with E-state index >= 15 is 0 Å². The monoisotopic (exact) mass is 914 g/mol. The molecule has 0 rings (SSSR count). The second kappa shape index (κ2) is 51.4. The molecular formula is C55H96NO7P. The number of hydrogen-bond acceptors (Lipinski definition) is 7. The first-order valence-electron chi connectivity index (χ1n) is 25.7. The molecule has 0 aromatic carbocycles. The van der Waals surface area contributed by atoms with E-state index in [4.69, 9.17) is 24.3 Å². The molecule has 0 aromatic rings. The van der Waals surface area contributed by atoms with Gasteiger partial charge in [-0.2, -0.15) is 0 Å². The zero-order chi connectivity index (χ0) is 46.5. The van der Waals surface area contributed by atoms with E-state index in [2.05, 4.69) is 111 Å². The number of hydrogen-bond donors (Lipinski definition) is 2. The van der Waals surface area contributed by atoms with Crippen molar-refractivity contribution in [2.24, 2.45) is 5.73 Å². The number of esters is 1. The molecular weight excluding hydrogens is 818 g/mol. The summed E-state index contributed by atoms with van der Waals surface area (Å²) in [6.45, 7) is 4.74. The molecule has 0 bridgehead atoms. The summed E-state index contributed by atoms with van der Waals surface area (Å²) < 4.78 is 33.6. The van der Waals surface area contributed by atoms with Crippen molar-refractivity contribution in [2.75, 3.05) is 33.0 Å². The summed E-state index contributed by atoms with van der Waals surface area (Å²) in [5, 5.41) is 0. The third kappa shape index (κ3) is 50.4. The molecule has 0 aromatic heterocycles. The van der Waals surface area contributed by atoms with Crippen LogP contribution in [-0.4, -0.2) is 49.9 Å². The quantitative estimate of drug-likeness (QED) is 0.0268. The lowest BCUT2D eigenvalue weighted by Gasteiger charge is -2.20. The zero-order valence-electron chi connectivity index (χ0n) is 41.0. The molecule has 2 unspecified atom stereocenters. The van der Waals surface area contributed by atoms with Crippen LogP contribution in [-0.2, 0) is 27.9 Å². The smallest absolute Gasteiger partial charge is 0.457 e. The van der Waals surface area contributed by atoms with Gasteiger partial charge in [0.25, 0.3) is 0 Å². The maximum atomic E-state index is 12.7. The highest BCUT2D eigenvalue weighted by Gasteiger charge is 2.25. The van der Waals surface area contributed by atoms with Crippen LogP contribution in [0.3, 0.4) is 0 Å². The first-order valence-corrected chi connectivity index (χ1v) is 27.2. The second-order valence-electron chi connectivity index (χ2n) is 16.6. The van der Waals surface area contributed by atoms with Gasteiger partial charge in [-0.1, -0.05) is 201 Å². The number of carbonyl (C=O) groups excluding carboxylic acids is 1. The van der Waals surface area contributed by atoms with Crippen LogP contribution >= 0.6 is 7.82 Å². The van der Waals surface area contributed by atoms with Crippen molar-refractivity contribution in [3.05, 3.63) is 97.2 Å². The minimum Gasteiger partial charge on any atom is -0.457 e. The number of ether oxygens (including phenoxy) is 2. The predicted molar refractivity (Wildman–Crippen MR) is 274 cm³/mol. The molecule has 0 radical (unpaired) electrons. The Morgan fingerprint density at radius 3 is 1.31 bits per heavy atom. The highest BCUT2D eigenvalue weighted by Crippen LogP contribution is 2.43. The fourth-order valence-corrected chi connectivity index (χ4v) is 7.50. The number of unbranched alkanes of at least 4 members (excludes halogenated alkanes) is 19. The lowest BCUT2D eigenvalue weighted by Crippen LogP contribution is -2.28. The van der Waals surface area contributed by atoms with Gasteiger partial charge in [-0.05, 0) is 96.3 Å². The van der Waals surface area contributed by atoms with E-state index < -0.39 is 13.9 Å². The molecule has 0 aliphatic carbocycles. The zero-order valence-corrected chi connectivity index (χ0v) is 41.9. The van der Waals surface area contributed by atoms with Gasteiger partial charge in [-0.25, -0.2) is 4.57 Å². The maximum Gasteiger partial charge on any atom is 0.472 e. The summed E-state index contributed by atoms with van der Waals surface area (Å²) in [5.41, 5.74) is 5.39. The molecule has 3 N–H and O–H groups in total. The first kappa shape index (κ1) is 61.4. The Labute approximate surface area is 393 Å². The molecule has 0 aliphatic rings. The van der Waals surface area contributed by atoms with Crippen LogP contribution in [0.5, 0.6) is 0 Å². The van der Waals surface area contributed by atoms with Crippen LogP contribution in [0, 0.1) is 0 Å². The van der Waals surface area contributed by atoms with E-state index in [1.807, 2.05) is 0 Å². The van der Waals surface area contributed by atoms with Crippen molar-refractivity contribution in [2.45, 2.75) is 213 Å². The van der Waals surface area contributed by atoms with Crippen LogP contribution in [0.2, 0.25) is 0 Å². The van der Waals surface area contributed by atoms with Gasteiger partial charge in [0.1, 0.15) is 6.10 Å². The minimum absolute atomic E-state index is 0.0924. The molecule has 0 fully saturated rings. The number of rotatable bonds is 48. The van der Waals surface area contributed by atoms with Crippen molar-refractivity contribution in [1.82, 2.24) is 0 Å². The molecule has 2 atom stereocenters. The number of carbonyl (C=O) groups is 1. The van der Waals surface area contributed by atoms with Gasteiger partial charge in [-0.15, -0.1) is 0 Å². The van der Waals surface area contributed by atoms with Crippen molar-refractivity contribution >= 4 is 13.8 Å². The number of allylic oxidation sites excluding steroid dienone is 16. The van der Waals surface area contributed by atoms with Gasteiger partial charge in [0, 0.05) is 19.6 Å². The largest absolute Gasteiger partial charge is 0.472 e. The Bertz CT molecular complexity index is 1300. The molecule has 0 heterocycles. The lowest BCUT2D eigenvalue weighted by atomic mass is 10.1. The average Bonchev–Trinajstić information content (AvgIpc) is 3.29. The average molecular weight is 914 g/mol. The third-order valence-corrected chi connectivity index (χ3v) is 11.5. The lowest BCUT2D eigenvalue weighted by molar-refractivity contribution is -0.154. The van der Waals surface area contributed by atoms with Gasteiger partial charge in [0.2, 0.25) is 0 Å². The van der Waals surface area contributed by atoms with Crippen molar-refractivity contribution in [1.29, 1.82) is 0 Å². The van der Waals surface area contributed by atoms with Crippen molar-refractivity contribution in [3.63, 3.8) is 0 Å². The van der Waals surface area contributed by atoms with E-state index in [-0.39, 0.29) is 32.3 Å². The Hall–Kier alpha value is -2.58. The Kier molecular flexibility index (Phi) is 49.3. The minimum atomic E-state index is -4.29. The van der Waals surface area contributed by atoms with Gasteiger partial charge in [-0.3, -0.25) is 13.8 Å². The summed E-state index contributed by atoms with van der Waals surface area (Å²) in [7, 11) is -4.29. The predicted octanol–water partition coefficient (Wildman–Crippen LogP) is 16.2. The second-order valence-corrected chi connectivity index (χ2v) is 18.1. The molecule has 0 saturated carbocycles. The van der Waals surface area contributed by atoms with E-state index in [1.165, 1.54) is 89.9 Å². The third-order valence-electron chi connectivity index (χ3n) is 10.5.